The summed E-state index contributed by atoms with van der Waals surface area (Å²) in [6.45, 7) is 9.21. The highest BCUT2D eigenvalue weighted by molar-refractivity contribution is 5.97. The van der Waals surface area contributed by atoms with Gasteiger partial charge in [0.25, 0.3) is 0 Å². The fourth-order valence-electron chi connectivity index (χ4n) is 6.12. The summed E-state index contributed by atoms with van der Waals surface area (Å²) < 4.78 is 17.6. The number of aliphatic imine (C=N–C) groups is 1. The molecule has 0 saturated carbocycles. The molecule has 0 bridgehead atoms. The highest BCUT2D eigenvalue weighted by atomic mass is 16.5. The van der Waals surface area contributed by atoms with E-state index in [2.05, 4.69) is 21.2 Å². The van der Waals surface area contributed by atoms with Crippen LogP contribution in [0.25, 0.3) is 0 Å². The van der Waals surface area contributed by atoms with Gasteiger partial charge < -0.3 is 24.4 Å². The molecule has 1 aliphatic carbocycles. The second-order valence-electron chi connectivity index (χ2n) is 11.5. The summed E-state index contributed by atoms with van der Waals surface area (Å²) >= 11 is 0. The Bertz CT molecular complexity index is 1300. The molecule has 10 nitrogen and oxygen atoms in total. The molecular weight excluding hydrogens is 546 g/mol. The minimum absolute atomic E-state index is 0.0775. The zero-order valence-corrected chi connectivity index (χ0v) is 25.5. The molecule has 2 saturated heterocycles. The van der Waals surface area contributed by atoms with Gasteiger partial charge in [0.05, 0.1) is 37.2 Å². The third-order valence-electron chi connectivity index (χ3n) is 8.24. The van der Waals surface area contributed by atoms with Crippen molar-refractivity contribution in [1.82, 2.24) is 15.2 Å². The first kappa shape index (κ1) is 30.6. The molecule has 0 spiro atoms. The Morgan fingerprint density at radius 2 is 1.95 bits per heavy atom. The van der Waals surface area contributed by atoms with E-state index in [4.69, 9.17) is 14.2 Å². The van der Waals surface area contributed by atoms with Crippen LogP contribution in [0.4, 0.5) is 5.69 Å². The number of amides is 1. The fraction of sp³-hybridized carbons (Fsp3) is 0.515. The number of rotatable bonds is 12. The third kappa shape index (κ3) is 7.39. The number of allylic oxidation sites excluding steroid dienone is 1. The van der Waals surface area contributed by atoms with Gasteiger partial charge in [0.15, 0.2) is 11.5 Å². The average Bonchev–Trinajstić information content (AvgIpc) is 3.04. The van der Waals surface area contributed by atoms with Crippen LogP contribution in [0.15, 0.2) is 69.8 Å². The normalized spacial score (nSPS) is 22.4. The summed E-state index contributed by atoms with van der Waals surface area (Å²) in [5.74, 6) is 4.88. The maximum absolute atomic E-state index is 12.1. The predicted molar refractivity (Wildman–Crippen MR) is 166 cm³/mol. The topological polar surface area (TPSA) is 95.9 Å². The lowest BCUT2D eigenvalue weighted by Gasteiger charge is -2.42. The van der Waals surface area contributed by atoms with Gasteiger partial charge in [0.2, 0.25) is 6.41 Å². The third-order valence-corrected chi connectivity index (χ3v) is 8.24. The van der Waals surface area contributed by atoms with Gasteiger partial charge in [-0.25, -0.2) is 14.8 Å². The van der Waals surface area contributed by atoms with Crippen LogP contribution in [-0.4, -0.2) is 93.6 Å². The van der Waals surface area contributed by atoms with E-state index in [0.717, 1.165) is 55.0 Å². The van der Waals surface area contributed by atoms with Gasteiger partial charge in [0, 0.05) is 38.0 Å². The highest BCUT2D eigenvalue weighted by Gasteiger charge is 2.33. The number of piperidine rings is 1. The molecule has 3 aliphatic heterocycles. The van der Waals surface area contributed by atoms with Crippen molar-refractivity contribution in [3.8, 4) is 5.75 Å². The minimum Gasteiger partial charge on any atom is -0.493 e. The number of hydrazine groups is 1. The number of piperazine rings is 1. The van der Waals surface area contributed by atoms with Crippen LogP contribution in [0, 0.1) is 5.92 Å². The van der Waals surface area contributed by atoms with Gasteiger partial charge >= 0.3 is 0 Å². The molecule has 2 fully saturated rings. The molecule has 2 atom stereocenters. The van der Waals surface area contributed by atoms with Crippen molar-refractivity contribution in [2.24, 2.45) is 10.9 Å². The van der Waals surface area contributed by atoms with Crippen LogP contribution in [0.1, 0.15) is 39.5 Å². The van der Waals surface area contributed by atoms with Gasteiger partial charge in [-0.2, -0.15) is 0 Å². The average molecular weight is 590 g/mol. The Labute approximate surface area is 254 Å². The number of anilines is 1. The fourth-order valence-corrected chi connectivity index (χ4v) is 6.12. The zero-order chi connectivity index (χ0) is 30.2. The molecule has 1 amide bonds. The summed E-state index contributed by atoms with van der Waals surface area (Å²) in [5, 5.41) is 7.12. The van der Waals surface area contributed by atoms with Crippen molar-refractivity contribution in [2.45, 2.75) is 51.7 Å². The highest BCUT2D eigenvalue weighted by Crippen LogP contribution is 2.35. The van der Waals surface area contributed by atoms with Crippen molar-refractivity contribution in [3.05, 3.63) is 64.8 Å². The number of carbonyl (C=O) groups is 1. The Morgan fingerprint density at radius 3 is 2.60 bits per heavy atom. The van der Waals surface area contributed by atoms with Gasteiger partial charge in [-0.1, -0.05) is 0 Å². The van der Waals surface area contributed by atoms with E-state index in [0.29, 0.717) is 55.8 Å². The quantitative estimate of drug-likeness (QED) is 0.224. The molecule has 2 unspecified atom stereocenters. The maximum Gasteiger partial charge on any atom is 0.228 e. The van der Waals surface area contributed by atoms with E-state index < -0.39 is 0 Å². The lowest BCUT2D eigenvalue weighted by molar-refractivity contribution is -0.110. The van der Waals surface area contributed by atoms with Crippen LogP contribution >= 0.6 is 0 Å². The van der Waals surface area contributed by atoms with Crippen molar-refractivity contribution in [1.29, 1.82) is 0 Å². The van der Waals surface area contributed by atoms with Crippen LogP contribution in [0.3, 0.4) is 0 Å². The molecule has 0 radical (unpaired) electrons. The standard InChI is InChI=1S/C33H43N5O5/c1-24(2)43-28-10-8-27(9-11-28)38(23-40)37-15-13-36(14-16-37)33-26(22-39)21-35-30-19-32(31(41-3)18-29(30)33)42-17-5-7-25-6-4-12-34-20-25/h8-11,18-19,21,23-25,30,34H,4-7,12-17,20H2,1-3H3. The van der Waals surface area contributed by atoms with E-state index in [1.165, 1.54) is 12.8 Å². The molecular formula is C33H43N5O5. The van der Waals surface area contributed by atoms with Gasteiger partial charge in [-0.05, 0) is 95.0 Å². The maximum atomic E-state index is 12.1. The summed E-state index contributed by atoms with van der Waals surface area (Å²) in [4.78, 5) is 31.0. The predicted octanol–water partition coefficient (Wildman–Crippen LogP) is 3.66. The molecule has 4 aliphatic rings. The Morgan fingerprint density at radius 1 is 1.16 bits per heavy atom. The minimum atomic E-state index is -0.278. The number of ether oxygens (including phenoxy) is 3. The van der Waals surface area contributed by atoms with Crippen LogP contribution in [0.2, 0.25) is 0 Å². The van der Waals surface area contributed by atoms with E-state index in [9.17, 15) is 9.59 Å². The van der Waals surface area contributed by atoms with Gasteiger partial charge in [-0.15, -0.1) is 0 Å². The number of nitrogens with one attached hydrogen (secondary N) is 1. The number of benzene rings is 1. The second-order valence-corrected chi connectivity index (χ2v) is 11.5. The monoisotopic (exact) mass is 589 g/mol. The number of hydrogen-bond donors (Lipinski definition) is 1. The Balaban J connectivity index is 1.25. The Kier molecular flexibility index (Phi) is 10.4. The summed E-state index contributed by atoms with van der Waals surface area (Å²) in [7, 11) is 1.63. The number of carbonyl (C=O) groups excluding carboxylic acids is 2. The number of hydrogen-bond acceptors (Lipinski definition) is 9. The smallest absolute Gasteiger partial charge is 0.228 e. The van der Waals surface area contributed by atoms with Crippen molar-refractivity contribution in [3.63, 3.8) is 0 Å². The Hall–Kier alpha value is -3.85. The van der Waals surface area contributed by atoms with E-state index >= 15 is 0 Å². The van der Waals surface area contributed by atoms with Gasteiger partial charge in [0.1, 0.15) is 17.3 Å². The summed E-state index contributed by atoms with van der Waals surface area (Å²) in [5.41, 5.74) is 2.88. The largest absolute Gasteiger partial charge is 0.493 e. The zero-order valence-electron chi connectivity index (χ0n) is 25.5. The number of dihydropyridines is 1. The van der Waals surface area contributed by atoms with E-state index in [-0.39, 0.29) is 12.1 Å². The lowest BCUT2D eigenvalue weighted by atomic mass is 9.92. The van der Waals surface area contributed by atoms with Crippen molar-refractivity contribution < 1.29 is 23.8 Å². The molecule has 1 aromatic rings. The first-order valence-corrected chi connectivity index (χ1v) is 15.4. The SMILES string of the molecule is COC1=CC2=C(N3CCN(N(C=O)c4ccc(OC(C)C)cc4)CC3)C(=C=O)C=NC2C=C1OCCCC1CCCNC1. The molecule has 3 heterocycles. The van der Waals surface area contributed by atoms with E-state index in [1.54, 1.807) is 18.3 Å². The van der Waals surface area contributed by atoms with Crippen LogP contribution < -0.4 is 15.1 Å². The van der Waals surface area contributed by atoms with Crippen molar-refractivity contribution >= 4 is 24.3 Å². The van der Waals surface area contributed by atoms with E-state index in [1.807, 2.05) is 55.3 Å². The lowest BCUT2D eigenvalue weighted by Crippen LogP contribution is -2.53. The summed E-state index contributed by atoms with van der Waals surface area (Å²) in [6.07, 6.45) is 11.1. The van der Waals surface area contributed by atoms with Crippen LogP contribution in [-0.2, 0) is 19.1 Å². The first-order valence-electron chi connectivity index (χ1n) is 15.4. The molecule has 1 N–H and O–H groups in total. The molecule has 230 valence electrons. The molecule has 5 rings (SSSR count). The molecule has 43 heavy (non-hydrogen) atoms. The van der Waals surface area contributed by atoms with Crippen molar-refractivity contribution in [2.75, 3.05) is 58.0 Å². The molecule has 10 heteroatoms. The number of nitrogens with zero attached hydrogens (tertiary/aromatic N) is 4. The molecule has 0 aromatic heterocycles. The second kappa shape index (κ2) is 14.6. The van der Waals surface area contributed by atoms with Gasteiger partial charge in [-0.3, -0.25) is 9.79 Å². The first-order chi connectivity index (χ1) is 21.0. The summed E-state index contributed by atoms with van der Waals surface area (Å²) in [6, 6.07) is 7.24. The van der Waals surface area contributed by atoms with Crippen LogP contribution in [0.5, 0.6) is 5.75 Å². The number of fused-ring (bicyclic) bond motifs is 1. The molecule has 1 aromatic carbocycles. The number of methoxy groups -OCH3 is 1.